The first-order valence-electron chi connectivity index (χ1n) is 5.02. The van der Waals surface area contributed by atoms with Crippen molar-refractivity contribution in [2.45, 2.75) is 39.9 Å². The van der Waals surface area contributed by atoms with Crippen LogP contribution in [0.15, 0.2) is 0 Å². The minimum Gasteiger partial charge on any atom is -0.375 e. The van der Waals surface area contributed by atoms with Crippen molar-refractivity contribution >= 4 is 0 Å². The second kappa shape index (κ2) is 4.24. The molecule has 0 radical (unpaired) electrons. The molecule has 0 saturated carbocycles. The summed E-state index contributed by atoms with van der Waals surface area (Å²) in [5.74, 6) is 1.21. The molecule has 0 bridgehead atoms. The van der Waals surface area contributed by atoms with E-state index in [-0.39, 0.29) is 0 Å². The van der Waals surface area contributed by atoms with Crippen LogP contribution in [0, 0.1) is 11.8 Å². The largest absolute Gasteiger partial charge is 0.375 e. The van der Waals surface area contributed by atoms with Gasteiger partial charge in [0.2, 0.25) is 0 Å². The second-order valence-electron chi connectivity index (χ2n) is 3.55. The van der Waals surface area contributed by atoms with E-state index < -0.39 is 0 Å². The summed E-state index contributed by atoms with van der Waals surface area (Å²) in [4.78, 5) is 0. The zero-order valence-corrected chi connectivity index (χ0v) is 8.54. The molecule has 0 aromatic rings. The zero-order chi connectivity index (χ0) is 9.14. The van der Waals surface area contributed by atoms with Crippen LogP contribution in [0.4, 0.5) is 0 Å². The van der Waals surface area contributed by atoms with Crippen molar-refractivity contribution in [2.75, 3.05) is 13.2 Å². The normalized spacial score (nSPS) is 45.0. The van der Waals surface area contributed by atoms with Crippen molar-refractivity contribution in [3.05, 3.63) is 0 Å². The average molecular weight is 172 g/mol. The highest BCUT2D eigenvalue weighted by Crippen LogP contribution is 2.33. The maximum absolute atomic E-state index is 5.58. The van der Waals surface area contributed by atoms with E-state index in [1.165, 1.54) is 0 Å². The summed E-state index contributed by atoms with van der Waals surface area (Å²) in [6, 6.07) is 0. The molecule has 0 amide bonds. The molecule has 2 heteroatoms. The van der Waals surface area contributed by atoms with Gasteiger partial charge in [-0.3, -0.25) is 0 Å². The number of hydrogen-bond donors (Lipinski definition) is 0. The van der Waals surface area contributed by atoms with Crippen molar-refractivity contribution in [3.8, 4) is 0 Å². The number of rotatable bonds is 0. The molecule has 2 rings (SSSR count). The lowest BCUT2D eigenvalue weighted by atomic mass is 9.99. The van der Waals surface area contributed by atoms with Crippen LogP contribution in [0.25, 0.3) is 0 Å². The van der Waals surface area contributed by atoms with E-state index in [0.717, 1.165) is 13.2 Å². The van der Waals surface area contributed by atoms with E-state index in [1.807, 2.05) is 13.8 Å². The first kappa shape index (κ1) is 10.0. The van der Waals surface area contributed by atoms with E-state index in [0.29, 0.717) is 24.0 Å². The topological polar surface area (TPSA) is 18.5 Å². The van der Waals surface area contributed by atoms with Gasteiger partial charge in [-0.15, -0.1) is 0 Å². The highest BCUT2D eigenvalue weighted by molar-refractivity contribution is 4.90. The van der Waals surface area contributed by atoms with Gasteiger partial charge in [-0.05, 0) is 0 Å². The minimum absolute atomic E-state index is 0.398. The molecule has 0 N–H and O–H groups in total. The van der Waals surface area contributed by atoms with E-state index in [1.54, 1.807) is 0 Å². The molecule has 0 aliphatic carbocycles. The van der Waals surface area contributed by atoms with Gasteiger partial charge in [0.1, 0.15) is 0 Å². The summed E-state index contributed by atoms with van der Waals surface area (Å²) in [7, 11) is 0. The van der Waals surface area contributed by atoms with E-state index in [4.69, 9.17) is 9.47 Å². The van der Waals surface area contributed by atoms with Gasteiger partial charge in [0.15, 0.2) is 0 Å². The van der Waals surface area contributed by atoms with Crippen molar-refractivity contribution in [2.24, 2.45) is 11.8 Å². The SMILES string of the molecule is CC.C[C@@H]1CO[C@H]2[C@@H]1OC[C@H]2C. The molecular weight excluding hydrogens is 152 g/mol. The molecule has 12 heavy (non-hydrogen) atoms. The molecule has 2 aliphatic rings. The predicted octanol–water partition coefficient (Wildman–Crippen LogP) is 2.08. The molecule has 4 atom stereocenters. The lowest BCUT2D eigenvalue weighted by molar-refractivity contribution is 0.0627. The van der Waals surface area contributed by atoms with Gasteiger partial charge in [0.05, 0.1) is 25.4 Å². The van der Waals surface area contributed by atoms with Gasteiger partial charge >= 0.3 is 0 Å². The number of ether oxygens (including phenoxy) is 2. The van der Waals surface area contributed by atoms with Crippen LogP contribution in [-0.4, -0.2) is 25.4 Å². The summed E-state index contributed by atoms with van der Waals surface area (Å²) in [5, 5.41) is 0. The van der Waals surface area contributed by atoms with Crippen LogP contribution in [0.2, 0.25) is 0 Å². The summed E-state index contributed by atoms with van der Waals surface area (Å²) >= 11 is 0. The Morgan fingerprint density at radius 2 is 1.17 bits per heavy atom. The zero-order valence-electron chi connectivity index (χ0n) is 8.54. The maximum Gasteiger partial charge on any atom is 0.0887 e. The summed E-state index contributed by atoms with van der Waals surface area (Å²) in [6.07, 6.45) is 0.796. The van der Waals surface area contributed by atoms with Gasteiger partial charge < -0.3 is 9.47 Å². The van der Waals surface area contributed by atoms with E-state index in [2.05, 4.69) is 13.8 Å². The summed E-state index contributed by atoms with van der Waals surface area (Å²) in [6.45, 7) is 10.2. The van der Waals surface area contributed by atoms with E-state index >= 15 is 0 Å². The Hall–Kier alpha value is -0.0800. The smallest absolute Gasteiger partial charge is 0.0887 e. The first-order valence-corrected chi connectivity index (χ1v) is 5.02. The molecule has 2 saturated heterocycles. The molecule has 0 aromatic carbocycles. The quantitative estimate of drug-likeness (QED) is 0.557. The van der Waals surface area contributed by atoms with Crippen LogP contribution in [0.1, 0.15) is 27.7 Å². The molecule has 2 nitrogen and oxygen atoms in total. The Balaban J connectivity index is 0.000000336. The van der Waals surface area contributed by atoms with Crippen LogP contribution in [0.3, 0.4) is 0 Å². The van der Waals surface area contributed by atoms with Crippen LogP contribution in [0.5, 0.6) is 0 Å². The Morgan fingerprint density at radius 1 is 0.833 bits per heavy atom. The van der Waals surface area contributed by atoms with Gasteiger partial charge in [-0.1, -0.05) is 27.7 Å². The Labute approximate surface area is 75.2 Å². The third kappa shape index (κ3) is 1.64. The fourth-order valence-corrected chi connectivity index (χ4v) is 1.88. The lowest BCUT2D eigenvalue weighted by Gasteiger charge is -2.10. The Bertz CT molecular complexity index is 120. The van der Waals surface area contributed by atoms with Gasteiger partial charge in [-0.25, -0.2) is 0 Å². The monoisotopic (exact) mass is 172 g/mol. The highest BCUT2D eigenvalue weighted by atomic mass is 16.6. The van der Waals surface area contributed by atoms with Crippen LogP contribution in [-0.2, 0) is 9.47 Å². The summed E-state index contributed by atoms with van der Waals surface area (Å²) < 4.78 is 11.2. The Kier molecular flexibility index (Phi) is 3.53. The first-order chi connectivity index (χ1) is 5.79. The van der Waals surface area contributed by atoms with Crippen molar-refractivity contribution in [3.63, 3.8) is 0 Å². The van der Waals surface area contributed by atoms with Crippen molar-refractivity contribution in [1.29, 1.82) is 0 Å². The van der Waals surface area contributed by atoms with Crippen molar-refractivity contribution < 1.29 is 9.47 Å². The lowest BCUT2D eigenvalue weighted by Crippen LogP contribution is -2.23. The minimum atomic E-state index is 0.398. The fraction of sp³-hybridized carbons (Fsp3) is 1.00. The van der Waals surface area contributed by atoms with Gasteiger partial charge in [-0.2, -0.15) is 0 Å². The highest BCUT2D eigenvalue weighted by Gasteiger charge is 2.43. The van der Waals surface area contributed by atoms with Crippen molar-refractivity contribution in [1.82, 2.24) is 0 Å². The molecule has 0 unspecified atom stereocenters. The fourth-order valence-electron chi connectivity index (χ4n) is 1.88. The molecule has 2 aliphatic heterocycles. The Morgan fingerprint density at radius 3 is 1.50 bits per heavy atom. The van der Waals surface area contributed by atoms with E-state index in [9.17, 15) is 0 Å². The van der Waals surface area contributed by atoms with Crippen LogP contribution < -0.4 is 0 Å². The predicted molar refractivity (Wildman–Crippen MR) is 49.2 cm³/mol. The molecule has 72 valence electrons. The molecule has 0 aromatic heterocycles. The number of fused-ring (bicyclic) bond motifs is 1. The molecule has 2 heterocycles. The standard InChI is InChI=1S/C8H14O2.C2H6/c1-5-3-9-8-6(2)4-10-7(5)8;1-2/h5-8H,3-4H2,1-2H3;1-2H3/t5-,6-,7-,8-;/m1./s1. The van der Waals surface area contributed by atoms with Crippen LogP contribution >= 0.6 is 0 Å². The molecular formula is C10H20O2. The van der Waals surface area contributed by atoms with Gasteiger partial charge in [0, 0.05) is 11.8 Å². The average Bonchev–Trinajstić information content (AvgIpc) is 2.62. The molecule has 2 fully saturated rings. The van der Waals surface area contributed by atoms with Gasteiger partial charge in [0.25, 0.3) is 0 Å². The number of hydrogen-bond acceptors (Lipinski definition) is 2. The summed E-state index contributed by atoms with van der Waals surface area (Å²) in [5.41, 5.74) is 0. The third-order valence-corrected chi connectivity index (χ3v) is 2.55. The second-order valence-corrected chi connectivity index (χ2v) is 3.55. The maximum atomic E-state index is 5.58. The molecule has 0 spiro atoms. The third-order valence-electron chi connectivity index (χ3n) is 2.55.